The van der Waals surface area contributed by atoms with Gasteiger partial charge in [-0.15, -0.1) is 0 Å². The monoisotopic (exact) mass is 274 g/mol. The minimum Gasteiger partial charge on any atom is -0.352 e. The molecule has 1 amide bonds. The first kappa shape index (κ1) is 12.0. The highest BCUT2D eigenvalue weighted by Gasteiger charge is 2.11. The van der Waals surface area contributed by atoms with Crippen LogP contribution in [0.4, 0.5) is 5.69 Å². The van der Waals surface area contributed by atoms with Gasteiger partial charge in [0.25, 0.3) is 0 Å². The Balaban J connectivity index is 2.29. The summed E-state index contributed by atoms with van der Waals surface area (Å²) in [5.74, 6) is -0.264. The Morgan fingerprint density at radius 1 is 1.42 bits per heavy atom. The normalized spacial score (nSPS) is 11.1. The quantitative estimate of drug-likeness (QED) is 0.670. The SMILES string of the molecule is NCC(=O)Nc1cc(Cl)cc2c1[nH]c1cnccc12. The number of aromatic amines is 1. The summed E-state index contributed by atoms with van der Waals surface area (Å²) in [6.07, 6.45) is 3.45. The summed E-state index contributed by atoms with van der Waals surface area (Å²) in [5, 5.41) is 5.24. The number of nitrogens with one attached hydrogen (secondary N) is 2. The first-order valence-electron chi connectivity index (χ1n) is 5.74. The number of H-pyrrole nitrogens is 1. The van der Waals surface area contributed by atoms with E-state index in [0.717, 1.165) is 21.8 Å². The molecule has 96 valence electrons. The summed E-state index contributed by atoms with van der Waals surface area (Å²) in [7, 11) is 0. The molecule has 0 bridgehead atoms. The van der Waals surface area contributed by atoms with Crippen LogP contribution < -0.4 is 11.1 Å². The summed E-state index contributed by atoms with van der Waals surface area (Å²) in [4.78, 5) is 18.7. The van der Waals surface area contributed by atoms with Crippen LogP contribution in [0.3, 0.4) is 0 Å². The predicted molar refractivity (Wildman–Crippen MR) is 76.3 cm³/mol. The molecule has 2 heterocycles. The molecule has 0 aliphatic carbocycles. The zero-order valence-electron chi connectivity index (χ0n) is 9.90. The zero-order valence-corrected chi connectivity index (χ0v) is 10.7. The maximum atomic E-state index is 11.4. The van der Waals surface area contributed by atoms with E-state index in [2.05, 4.69) is 15.3 Å². The van der Waals surface area contributed by atoms with E-state index in [-0.39, 0.29) is 12.5 Å². The van der Waals surface area contributed by atoms with Crippen LogP contribution in [0.15, 0.2) is 30.6 Å². The lowest BCUT2D eigenvalue weighted by molar-refractivity contribution is -0.114. The summed E-state index contributed by atoms with van der Waals surface area (Å²) < 4.78 is 0. The van der Waals surface area contributed by atoms with Crippen LogP contribution in [-0.2, 0) is 4.79 Å². The van der Waals surface area contributed by atoms with Crippen molar-refractivity contribution >= 4 is 45.0 Å². The van der Waals surface area contributed by atoms with Gasteiger partial charge in [0.05, 0.1) is 29.5 Å². The van der Waals surface area contributed by atoms with Gasteiger partial charge in [-0.3, -0.25) is 9.78 Å². The van der Waals surface area contributed by atoms with E-state index in [4.69, 9.17) is 17.3 Å². The van der Waals surface area contributed by atoms with Crippen molar-refractivity contribution in [2.45, 2.75) is 0 Å². The predicted octanol–water partition coefficient (Wildman–Crippen LogP) is 2.27. The molecule has 0 saturated carbocycles. The molecule has 0 radical (unpaired) electrons. The number of halogens is 1. The number of carbonyl (C=O) groups excluding carboxylic acids is 1. The number of nitrogens with zero attached hydrogens (tertiary/aromatic N) is 1. The third kappa shape index (κ3) is 2.03. The molecule has 6 heteroatoms. The van der Waals surface area contributed by atoms with Gasteiger partial charge in [-0.25, -0.2) is 0 Å². The van der Waals surface area contributed by atoms with Crippen molar-refractivity contribution in [3.8, 4) is 0 Å². The van der Waals surface area contributed by atoms with Crippen molar-refractivity contribution in [2.75, 3.05) is 11.9 Å². The standard InChI is InChI=1S/C13H11ClN4O/c14-7-3-9-8-1-2-16-6-11(8)18-13(9)10(4-7)17-12(19)5-15/h1-4,6,18H,5,15H2,(H,17,19). The molecule has 3 rings (SSSR count). The second-order valence-corrected chi connectivity index (χ2v) is 4.61. The van der Waals surface area contributed by atoms with Crippen molar-refractivity contribution in [2.24, 2.45) is 5.73 Å². The number of pyridine rings is 1. The molecule has 19 heavy (non-hydrogen) atoms. The van der Waals surface area contributed by atoms with Crippen LogP contribution in [0.1, 0.15) is 0 Å². The van der Waals surface area contributed by atoms with Crippen LogP contribution in [0.25, 0.3) is 21.8 Å². The summed E-state index contributed by atoms with van der Waals surface area (Å²) in [6, 6.07) is 5.45. The Bertz CT molecular complexity index is 781. The Morgan fingerprint density at radius 3 is 3.05 bits per heavy atom. The molecule has 0 saturated heterocycles. The van der Waals surface area contributed by atoms with Crippen molar-refractivity contribution in [1.29, 1.82) is 0 Å². The lowest BCUT2D eigenvalue weighted by atomic mass is 10.1. The Hall–Kier alpha value is -2.11. The third-order valence-electron chi connectivity index (χ3n) is 2.93. The minimum absolute atomic E-state index is 0.0736. The molecule has 0 aliphatic rings. The first-order valence-corrected chi connectivity index (χ1v) is 6.11. The fourth-order valence-corrected chi connectivity index (χ4v) is 2.34. The van der Waals surface area contributed by atoms with Crippen LogP contribution in [0, 0.1) is 0 Å². The van der Waals surface area contributed by atoms with Gasteiger partial charge >= 0.3 is 0 Å². The van der Waals surface area contributed by atoms with E-state index in [1.807, 2.05) is 12.1 Å². The lowest BCUT2D eigenvalue weighted by Crippen LogP contribution is -2.21. The Kier molecular flexibility index (Phi) is 2.85. The van der Waals surface area contributed by atoms with Gasteiger partial charge in [0.15, 0.2) is 0 Å². The van der Waals surface area contributed by atoms with Gasteiger partial charge in [0, 0.05) is 22.0 Å². The number of carbonyl (C=O) groups is 1. The van der Waals surface area contributed by atoms with Crippen molar-refractivity contribution < 1.29 is 4.79 Å². The fraction of sp³-hybridized carbons (Fsp3) is 0.0769. The molecule has 0 unspecified atom stereocenters. The topological polar surface area (TPSA) is 83.8 Å². The Morgan fingerprint density at radius 2 is 2.26 bits per heavy atom. The van der Waals surface area contributed by atoms with E-state index < -0.39 is 0 Å². The molecule has 3 aromatic rings. The summed E-state index contributed by atoms with van der Waals surface area (Å²) >= 11 is 6.10. The van der Waals surface area contributed by atoms with Gasteiger partial charge in [0.1, 0.15) is 0 Å². The number of amides is 1. The summed E-state index contributed by atoms with van der Waals surface area (Å²) in [6.45, 7) is -0.0736. The van der Waals surface area contributed by atoms with Gasteiger partial charge in [-0.2, -0.15) is 0 Å². The van der Waals surface area contributed by atoms with E-state index in [0.29, 0.717) is 10.7 Å². The number of benzene rings is 1. The fourth-order valence-electron chi connectivity index (χ4n) is 2.12. The molecule has 2 aromatic heterocycles. The number of nitrogens with two attached hydrogens (primary N) is 1. The van der Waals surface area contributed by atoms with Crippen molar-refractivity contribution in [1.82, 2.24) is 9.97 Å². The third-order valence-corrected chi connectivity index (χ3v) is 3.15. The summed E-state index contributed by atoms with van der Waals surface area (Å²) in [5.41, 5.74) is 7.64. The maximum absolute atomic E-state index is 11.4. The molecule has 1 aromatic carbocycles. The van der Waals surface area contributed by atoms with E-state index in [1.54, 1.807) is 18.5 Å². The van der Waals surface area contributed by atoms with Crippen LogP contribution >= 0.6 is 11.6 Å². The van der Waals surface area contributed by atoms with Crippen molar-refractivity contribution in [3.63, 3.8) is 0 Å². The second-order valence-electron chi connectivity index (χ2n) is 4.17. The molecule has 0 spiro atoms. The van der Waals surface area contributed by atoms with E-state index >= 15 is 0 Å². The molecular formula is C13H11ClN4O. The maximum Gasteiger partial charge on any atom is 0.238 e. The van der Waals surface area contributed by atoms with Crippen LogP contribution in [-0.4, -0.2) is 22.4 Å². The number of fused-ring (bicyclic) bond motifs is 3. The number of anilines is 1. The molecule has 0 aliphatic heterocycles. The van der Waals surface area contributed by atoms with E-state index in [9.17, 15) is 4.79 Å². The first-order chi connectivity index (χ1) is 9.19. The van der Waals surface area contributed by atoms with Crippen LogP contribution in [0.5, 0.6) is 0 Å². The molecule has 4 N–H and O–H groups in total. The van der Waals surface area contributed by atoms with Gasteiger partial charge in [0.2, 0.25) is 5.91 Å². The number of rotatable bonds is 2. The molecule has 0 fully saturated rings. The Labute approximate surface area is 113 Å². The largest absolute Gasteiger partial charge is 0.352 e. The van der Waals surface area contributed by atoms with Gasteiger partial charge in [-0.1, -0.05) is 11.6 Å². The average molecular weight is 275 g/mol. The highest BCUT2D eigenvalue weighted by atomic mass is 35.5. The smallest absolute Gasteiger partial charge is 0.238 e. The van der Waals surface area contributed by atoms with Crippen LogP contribution in [0.2, 0.25) is 5.02 Å². The molecule has 5 nitrogen and oxygen atoms in total. The van der Waals surface area contributed by atoms with E-state index in [1.165, 1.54) is 0 Å². The number of aromatic nitrogens is 2. The second kappa shape index (κ2) is 4.53. The number of hydrogen-bond acceptors (Lipinski definition) is 3. The lowest BCUT2D eigenvalue weighted by Gasteiger charge is -2.05. The zero-order chi connectivity index (χ0) is 13.4. The molecule has 0 atom stereocenters. The average Bonchev–Trinajstić information content (AvgIpc) is 2.77. The van der Waals surface area contributed by atoms with Crippen molar-refractivity contribution in [3.05, 3.63) is 35.6 Å². The molecular weight excluding hydrogens is 264 g/mol. The number of hydrogen-bond donors (Lipinski definition) is 3. The minimum atomic E-state index is -0.264. The highest BCUT2D eigenvalue weighted by molar-refractivity contribution is 6.32. The van der Waals surface area contributed by atoms with Gasteiger partial charge in [-0.05, 0) is 18.2 Å². The highest BCUT2D eigenvalue weighted by Crippen LogP contribution is 2.32. The van der Waals surface area contributed by atoms with Gasteiger partial charge < -0.3 is 16.0 Å².